The van der Waals surface area contributed by atoms with Crippen molar-refractivity contribution in [3.63, 3.8) is 0 Å². The highest BCUT2D eigenvalue weighted by atomic mass is 19.1. The fourth-order valence-corrected chi connectivity index (χ4v) is 8.13. The maximum atomic E-state index is 16.9. The lowest BCUT2D eigenvalue weighted by Crippen LogP contribution is -2.54. The van der Waals surface area contributed by atoms with Gasteiger partial charge in [0.05, 0.1) is 16.6 Å². The lowest BCUT2D eigenvalue weighted by atomic mass is 9.94. The van der Waals surface area contributed by atoms with Gasteiger partial charge in [0.25, 0.3) is 0 Å². The Hall–Kier alpha value is -3.43. The zero-order valence-corrected chi connectivity index (χ0v) is 24.2. The molecule has 0 amide bonds. The van der Waals surface area contributed by atoms with E-state index in [1.807, 2.05) is 18.2 Å². The minimum absolute atomic E-state index is 0.0240. The minimum atomic E-state index is -0.513. The Kier molecular flexibility index (Phi) is 6.12. The summed E-state index contributed by atoms with van der Waals surface area (Å²) in [7, 11) is 0. The Bertz CT molecular complexity index is 1720. The molecule has 2 atom stereocenters. The number of ether oxygens (including phenoxy) is 1. The number of fused-ring (bicyclic) bond motifs is 4. The first-order valence-corrected chi connectivity index (χ1v) is 15.4. The topological polar surface area (TPSA) is 66.4 Å². The monoisotopic (exact) mass is 570 g/mol. The van der Waals surface area contributed by atoms with E-state index in [1.165, 1.54) is 18.9 Å². The van der Waals surface area contributed by atoms with Crippen LogP contribution in [0, 0.1) is 24.5 Å². The summed E-state index contributed by atoms with van der Waals surface area (Å²) in [5.41, 5.74) is 2.30. The smallest absolute Gasteiger partial charge is 0.319 e. The molecule has 1 N–H and O–H groups in total. The van der Waals surface area contributed by atoms with Gasteiger partial charge in [-0.05, 0) is 80.4 Å². The molecule has 4 aliphatic rings. The van der Waals surface area contributed by atoms with Gasteiger partial charge in [-0.15, -0.1) is 0 Å². The second-order valence-corrected chi connectivity index (χ2v) is 12.7. The van der Waals surface area contributed by atoms with E-state index in [2.05, 4.69) is 22.0 Å². The molecule has 6 heterocycles. The number of hydrogen-bond donors (Lipinski definition) is 1. The Morgan fingerprint density at radius 2 is 1.86 bits per heavy atom. The third kappa shape index (κ3) is 3.93. The predicted octanol–water partition coefficient (Wildman–Crippen LogP) is 5.41. The first-order chi connectivity index (χ1) is 20.4. The molecular weight excluding hydrogens is 534 g/mol. The summed E-state index contributed by atoms with van der Waals surface area (Å²) in [6.45, 7) is 9.10. The van der Waals surface area contributed by atoms with Gasteiger partial charge >= 0.3 is 6.01 Å². The number of nitrogens with one attached hydrogen (secondary N) is 1. The second kappa shape index (κ2) is 9.81. The molecule has 1 unspecified atom stereocenters. The molecule has 42 heavy (non-hydrogen) atoms. The van der Waals surface area contributed by atoms with Crippen LogP contribution in [0.25, 0.3) is 32.9 Å². The van der Waals surface area contributed by atoms with Crippen LogP contribution in [-0.4, -0.2) is 70.8 Å². The number of anilines is 1. The lowest BCUT2D eigenvalue weighted by Gasteiger charge is -2.39. The fraction of sp³-hybridized carbons (Fsp3) is 0.485. The van der Waals surface area contributed by atoms with Gasteiger partial charge in [-0.3, -0.25) is 4.90 Å². The SMILES string of the molecule is Cc1c(F)ccc2cccc(-c3nc4c5c(nc(OCC67CCCN6CCC7)nc5c3F)N3CCNCC3[C@@H](C)C4)c12. The van der Waals surface area contributed by atoms with Crippen LogP contribution in [0.4, 0.5) is 14.6 Å². The average Bonchev–Trinajstić information content (AvgIpc) is 3.56. The van der Waals surface area contributed by atoms with Crippen molar-refractivity contribution in [1.29, 1.82) is 0 Å². The first kappa shape index (κ1) is 26.2. The molecule has 8 rings (SSSR count). The van der Waals surface area contributed by atoms with Gasteiger partial charge in [-0.1, -0.05) is 31.2 Å². The van der Waals surface area contributed by atoms with Crippen LogP contribution >= 0.6 is 0 Å². The molecule has 9 heteroatoms. The third-order valence-corrected chi connectivity index (χ3v) is 10.3. The van der Waals surface area contributed by atoms with Crippen molar-refractivity contribution in [1.82, 2.24) is 25.2 Å². The Morgan fingerprint density at radius 1 is 1.02 bits per heavy atom. The van der Waals surface area contributed by atoms with E-state index in [4.69, 9.17) is 19.7 Å². The van der Waals surface area contributed by atoms with Crippen LogP contribution in [0.1, 0.15) is 43.9 Å². The summed E-state index contributed by atoms with van der Waals surface area (Å²) < 4.78 is 38.1. The molecule has 0 aliphatic carbocycles. The maximum absolute atomic E-state index is 16.9. The van der Waals surface area contributed by atoms with E-state index in [1.54, 1.807) is 13.0 Å². The zero-order valence-electron chi connectivity index (χ0n) is 24.2. The average molecular weight is 571 g/mol. The number of rotatable bonds is 4. The Labute approximate surface area is 244 Å². The molecule has 0 spiro atoms. The second-order valence-electron chi connectivity index (χ2n) is 12.7. The standard InChI is InChI=1S/C33H36F2N6O/c1-19-16-24-27-30(28(35)29(37-24)22-7-3-6-21-8-9-23(34)20(2)26(21)22)38-32(39-31(27)41-15-12-36-17-25(19)41)42-18-33-10-4-13-40(33)14-5-11-33/h3,6-9,19,25,36H,4-5,10-18H2,1-2H3/t19-,25?/m0/s1. The van der Waals surface area contributed by atoms with Gasteiger partial charge in [-0.25, -0.2) is 13.8 Å². The molecule has 3 saturated heterocycles. The van der Waals surface area contributed by atoms with Crippen molar-refractivity contribution >= 4 is 27.5 Å². The molecule has 4 aliphatic heterocycles. The predicted molar refractivity (Wildman–Crippen MR) is 160 cm³/mol. The van der Waals surface area contributed by atoms with Crippen molar-refractivity contribution < 1.29 is 13.5 Å². The van der Waals surface area contributed by atoms with E-state index in [9.17, 15) is 4.39 Å². The number of piperazine rings is 1. The summed E-state index contributed by atoms with van der Waals surface area (Å²) in [6, 6.07) is 9.25. The van der Waals surface area contributed by atoms with Crippen molar-refractivity contribution in [2.45, 2.75) is 57.5 Å². The van der Waals surface area contributed by atoms with Gasteiger partial charge in [0, 0.05) is 31.2 Å². The summed E-state index contributed by atoms with van der Waals surface area (Å²) in [6.07, 6.45) is 5.22. The summed E-state index contributed by atoms with van der Waals surface area (Å²) in [5.74, 6) is 0.133. The fourth-order valence-electron chi connectivity index (χ4n) is 8.13. The normalized spacial score (nSPS) is 23.3. The number of pyridine rings is 1. The van der Waals surface area contributed by atoms with Gasteiger partial charge in [0.2, 0.25) is 0 Å². The highest BCUT2D eigenvalue weighted by Crippen LogP contribution is 2.43. The quantitative estimate of drug-likeness (QED) is 0.352. The molecule has 3 fully saturated rings. The first-order valence-electron chi connectivity index (χ1n) is 15.4. The highest BCUT2D eigenvalue weighted by molar-refractivity contribution is 6.01. The van der Waals surface area contributed by atoms with Crippen LogP contribution in [0.3, 0.4) is 0 Å². The van der Waals surface area contributed by atoms with Crippen LogP contribution < -0.4 is 15.0 Å². The highest BCUT2D eigenvalue weighted by Gasteiger charge is 2.45. The summed E-state index contributed by atoms with van der Waals surface area (Å²) in [5, 5.41) is 5.72. The molecule has 0 saturated carbocycles. The molecule has 2 aromatic carbocycles. The van der Waals surface area contributed by atoms with Crippen molar-refractivity contribution in [2.75, 3.05) is 44.2 Å². The number of benzene rings is 2. The number of hydrogen-bond acceptors (Lipinski definition) is 7. The minimum Gasteiger partial charge on any atom is -0.461 e. The van der Waals surface area contributed by atoms with E-state index < -0.39 is 5.82 Å². The van der Waals surface area contributed by atoms with Crippen molar-refractivity contribution in [3.05, 3.63) is 53.2 Å². The zero-order chi connectivity index (χ0) is 28.6. The van der Waals surface area contributed by atoms with Gasteiger partial charge < -0.3 is 15.0 Å². The van der Waals surface area contributed by atoms with Gasteiger partial charge in [0.1, 0.15) is 29.5 Å². The maximum Gasteiger partial charge on any atom is 0.319 e. The Morgan fingerprint density at radius 3 is 2.69 bits per heavy atom. The number of halogens is 2. The van der Waals surface area contributed by atoms with E-state index in [-0.39, 0.29) is 40.5 Å². The number of aromatic nitrogens is 3. The molecule has 7 nitrogen and oxygen atoms in total. The molecule has 0 bridgehead atoms. The lowest BCUT2D eigenvalue weighted by molar-refractivity contribution is 0.108. The van der Waals surface area contributed by atoms with E-state index >= 15 is 4.39 Å². The number of aryl methyl sites for hydroxylation is 1. The summed E-state index contributed by atoms with van der Waals surface area (Å²) in [4.78, 5) is 19.6. The van der Waals surface area contributed by atoms with E-state index in [0.717, 1.165) is 56.6 Å². The summed E-state index contributed by atoms with van der Waals surface area (Å²) >= 11 is 0. The van der Waals surface area contributed by atoms with Crippen molar-refractivity contribution in [2.24, 2.45) is 5.92 Å². The number of nitrogens with zero attached hydrogens (tertiary/aromatic N) is 5. The van der Waals surface area contributed by atoms with E-state index in [0.29, 0.717) is 40.7 Å². The van der Waals surface area contributed by atoms with Crippen molar-refractivity contribution in [3.8, 4) is 17.3 Å². The largest absolute Gasteiger partial charge is 0.461 e. The molecule has 218 valence electrons. The molecule has 0 radical (unpaired) electrons. The van der Waals surface area contributed by atoms with Crippen LogP contribution in [0.2, 0.25) is 0 Å². The van der Waals surface area contributed by atoms with Gasteiger partial charge in [-0.2, -0.15) is 9.97 Å². The van der Waals surface area contributed by atoms with Crippen LogP contribution in [0.15, 0.2) is 30.3 Å². The molecule has 4 aromatic rings. The molecule has 2 aromatic heterocycles. The van der Waals surface area contributed by atoms with Crippen LogP contribution in [-0.2, 0) is 6.42 Å². The molecular formula is C33H36F2N6O. The third-order valence-electron chi connectivity index (χ3n) is 10.3. The van der Waals surface area contributed by atoms with Gasteiger partial charge in [0.15, 0.2) is 5.82 Å². The van der Waals surface area contributed by atoms with Crippen LogP contribution in [0.5, 0.6) is 6.01 Å². The Balaban J connectivity index is 1.33.